The Morgan fingerprint density at radius 1 is 0.736 bits per heavy atom. The van der Waals surface area contributed by atoms with E-state index in [-0.39, 0.29) is 88.8 Å². The minimum Gasteiger partial charge on any atom is -0.458 e. The number of aromatic nitrogens is 2. The van der Waals surface area contributed by atoms with E-state index in [0.717, 1.165) is 17.1 Å². The van der Waals surface area contributed by atoms with Gasteiger partial charge in [0.05, 0.1) is 147 Å². The van der Waals surface area contributed by atoms with E-state index < -0.39 is 101 Å². The van der Waals surface area contributed by atoms with Crippen LogP contribution in [-0.2, 0) is 111 Å². The number of halogens is 1. The molecule has 6 atom stereocenters. The Morgan fingerprint density at radius 2 is 1.32 bits per heavy atom. The maximum absolute atomic E-state index is 15.4. The van der Waals surface area contributed by atoms with Gasteiger partial charge < -0.3 is 88.7 Å². The fraction of sp³-hybridized carbons (Fsp3) is 0.607. The number of carbonyl (C=O) groups excluding carboxylic acids is 8. The number of amides is 7. The third-order valence-corrected chi connectivity index (χ3v) is 15.7. The Kier molecular flexibility index (Phi) is 27.4. The summed E-state index contributed by atoms with van der Waals surface area (Å²) in [4.78, 5) is 123. The number of fused-ring (bicyclic) bond motifs is 5. The number of nitrogens with zero attached hydrogens (tertiary/aromatic N) is 3. The van der Waals surface area contributed by atoms with Crippen molar-refractivity contribution in [3.63, 3.8) is 0 Å². The van der Waals surface area contributed by atoms with Crippen molar-refractivity contribution in [1.29, 1.82) is 0 Å². The summed E-state index contributed by atoms with van der Waals surface area (Å²) in [5.41, 5.74) is 0.860. The molecule has 4 aliphatic rings. The van der Waals surface area contributed by atoms with Gasteiger partial charge in [-0.15, -0.1) is 0 Å². The van der Waals surface area contributed by atoms with Crippen LogP contribution in [0.1, 0.15) is 92.3 Å². The van der Waals surface area contributed by atoms with Crippen molar-refractivity contribution in [3.05, 3.63) is 73.8 Å². The number of aliphatic hydroxyl groups is 2. The summed E-state index contributed by atoms with van der Waals surface area (Å²) in [5.74, 6) is -6.15. The van der Waals surface area contributed by atoms with Crippen molar-refractivity contribution in [2.75, 3.05) is 126 Å². The van der Waals surface area contributed by atoms with Crippen LogP contribution in [-0.4, -0.2) is 222 Å². The number of hydrogen-bond donors (Lipinski definition) is 7. The average molecular weight is 1280 g/mol. The van der Waals surface area contributed by atoms with Crippen LogP contribution in [0.3, 0.4) is 0 Å². The monoisotopic (exact) mass is 1280 g/mol. The number of aryl methyl sites for hydroxylation is 1. The van der Waals surface area contributed by atoms with Crippen LogP contribution in [0, 0.1) is 12.7 Å². The largest absolute Gasteiger partial charge is 0.458 e. The van der Waals surface area contributed by atoms with Crippen LogP contribution in [0.4, 0.5) is 4.39 Å². The minimum absolute atomic E-state index is 0.0193. The fourth-order valence-corrected chi connectivity index (χ4v) is 10.7. The van der Waals surface area contributed by atoms with Gasteiger partial charge in [0.1, 0.15) is 37.3 Å². The predicted molar refractivity (Wildman–Crippen MR) is 318 cm³/mol. The number of benzene rings is 1. The molecule has 0 bridgehead atoms. The van der Waals surface area contributed by atoms with Crippen molar-refractivity contribution in [2.45, 2.75) is 115 Å². The molecule has 0 radical (unpaired) electrons. The quantitative estimate of drug-likeness (QED) is 0.0127. The van der Waals surface area contributed by atoms with Gasteiger partial charge in [-0.2, -0.15) is 0 Å². The van der Waals surface area contributed by atoms with Crippen LogP contribution in [0.15, 0.2) is 29.1 Å². The van der Waals surface area contributed by atoms with Crippen molar-refractivity contribution in [1.82, 2.24) is 41.0 Å². The summed E-state index contributed by atoms with van der Waals surface area (Å²) < 4.78 is 70.5. The Hall–Kier alpha value is -7.23. The van der Waals surface area contributed by atoms with Crippen LogP contribution < -0.4 is 32.1 Å². The van der Waals surface area contributed by atoms with Gasteiger partial charge in [0.25, 0.3) is 17.4 Å². The van der Waals surface area contributed by atoms with E-state index >= 15 is 4.39 Å². The van der Waals surface area contributed by atoms with E-state index in [2.05, 4.69) is 26.6 Å². The molecular weight excluding hydrogens is 1200 g/mol. The zero-order chi connectivity index (χ0) is 65.6. The summed E-state index contributed by atoms with van der Waals surface area (Å²) in [5, 5.41) is 36.0. The van der Waals surface area contributed by atoms with Gasteiger partial charge >= 0.3 is 5.97 Å². The lowest BCUT2D eigenvalue weighted by Gasteiger charge is -2.31. The van der Waals surface area contributed by atoms with Crippen LogP contribution in [0.2, 0.25) is 0 Å². The molecule has 29 nitrogen and oxygen atoms in total. The van der Waals surface area contributed by atoms with Crippen molar-refractivity contribution in [3.8, 4) is 11.4 Å². The van der Waals surface area contributed by atoms with Crippen molar-refractivity contribution in [2.24, 2.45) is 0 Å². The summed E-state index contributed by atoms with van der Waals surface area (Å²) >= 11 is 0. The molecule has 0 saturated carbocycles. The molecule has 3 aliphatic heterocycles. The second kappa shape index (κ2) is 35.0. The number of nitrogens with one attached hydrogen (secondary N) is 5. The highest BCUT2D eigenvalue weighted by Gasteiger charge is 2.46. The third-order valence-electron chi connectivity index (χ3n) is 15.7. The Balaban J connectivity index is 0.763. The second-order valence-corrected chi connectivity index (χ2v) is 21.9. The maximum atomic E-state index is 15.4. The highest BCUT2D eigenvalue weighted by molar-refractivity contribution is 6.13. The number of methoxy groups -OCH3 is 1. The number of carbonyl (C=O) groups is 8. The standard InChI is InChI=1S/C61H83FN8O21/c1-6-61(81)43-30-47-55-41(33-69(47)59(79)42(43)34-91-60(61)80)54-45(8-7-40-36(2)44(62)31-46(67-55)53(40)54)68-58(78)48(71)11-13-90-35-64-56(76)37(3)66-57(77)38(4)65-50(73)29-39(70-51(74)9-10-52(70)75)32-63-49(72)12-14-83-17-18-85-21-22-87-25-26-89-28-27-88-24-23-86-20-19-84-16-15-82-5/h9-10,30-31,37-39,45,48,71,81H,6-8,11-29,32-35H2,1-5H3,(H,63,72)(H,64,76)(H,65,73)(H,66,77)(H,68,78)/t37-,38-,39+,45-,48+,61-/m0/s1. The minimum atomic E-state index is -2.07. The first kappa shape index (κ1) is 71.2. The molecule has 0 fully saturated rings. The molecule has 3 aromatic rings. The van der Waals surface area contributed by atoms with Gasteiger partial charge in [-0.3, -0.25) is 43.3 Å². The van der Waals surface area contributed by atoms with Gasteiger partial charge in [-0.25, -0.2) is 14.2 Å². The lowest BCUT2D eigenvalue weighted by molar-refractivity contribution is -0.172. The SMILES string of the molecule is CC[C@@]1(O)C(=O)OCc2c1cc1n(c2=O)Cc2c-1nc1cc(F)c(C)c3c1c2[C@@H](NC(=O)[C@H](O)CCOCNC(=O)[C@H](C)NC(=O)[C@H](C)NC(=O)C[C@H](CNC(=O)CCOCCOCCOCCOCCOCCOCCOCCOC)N1C(=O)C=CC1=O)CC3. The predicted octanol–water partition coefficient (Wildman–Crippen LogP) is -0.566. The smallest absolute Gasteiger partial charge is 0.343 e. The molecule has 91 heavy (non-hydrogen) atoms. The Morgan fingerprint density at radius 3 is 1.91 bits per heavy atom. The summed E-state index contributed by atoms with van der Waals surface area (Å²) in [6.07, 6.45) is 0.344. The van der Waals surface area contributed by atoms with Crippen LogP contribution >= 0.6 is 0 Å². The first-order chi connectivity index (χ1) is 43.8. The summed E-state index contributed by atoms with van der Waals surface area (Å²) in [7, 11) is 1.61. The molecule has 0 unspecified atom stereocenters. The topological polar surface area (TPSA) is 368 Å². The highest BCUT2D eigenvalue weighted by Crippen LogP contribution is 2.46. The molecular formula is C61H83FN8O21. The van der Waals surface area contributed by atoms with Gasteiger partial charge in [0, 0.05) is 67.6 Å². The molecule has 5 heterocycles. The van der Waals surface area contributed by atoms with Gasteiger partial charge in [0.2, 0.25) is 29.5 Å². The molecule has 7 amide bonds. The van der Waals surface area contributed by atoms with Crippen LogP contribution in [0.5, 0.6) is 0 Å². The van der Waals surface area contributed by atoms with Crippen molar-refractivity contribution < 1.29 is 100 Å². The molecule has 2 aromatic heterocycles. The molecule has 7 rings (SSSR count). The lowest BCUT2D eigenvalue weighted by Crippen LogP contribution is -2.53. The van der Waals surface area contributed by atoms with E-state index in [9.17, 15) is 53.4 Å². The van der Waals surface area contributed by atoms with Gasteiger partial charge in [0.15, 0.2) is 5.60 Å². The molecule has 1 aliphatic carbocycles. The average Bonchev–Trinajstić information content (AvgIpc) is 1.61. The number of rotatable bonds is 41. The number of aliphatic hydroxyl groups excluding tert-OH is 1. The second-order valence-electron chi connectivity index (χ2n) is 21.9. The van der Waals surface area contributed by atoms with Crippen molar-refractivity contribution >= 4 is 58.2 Å². The summed E-state index contributed by atoms with van der Waals surface area (Å²) in [6, 6.07) is -1.33. The number of imide groups is 1. The third kappa shape index (κ3) is 19.0. The molecule has 500 valence electrons. The lowest BCUT2D eigenvalue weighted by atomic mass is 9.81. The number of pyridine rings is 2. The van der Waals surface area contributed by atoms with Gasteiger partial charge in [-0.1, -0.05) is 6.92 Å². The zero-order valence-electron chi connectivity index (χ0n) is 52.0. The Bertz CT molecular complexity index is 3160. The fourth-order valence-electron chi connectivity index (χ4n) is 10.7. The first-order valence-corrected chi connectivity index (χ1v) is 30.4. The number of ether oxygens (including phenoxy) is 10. The normalized spacial score (nSPS) is 17.6. The van der Waals surface area contributed by atoms with Gasteiger partial charge in [-0.05, 0) is 62.8 Å². The summed E-state index contributed by atoms with van der Waals surface area (Å²) in [6.45, 7) is 10.6. The molecule has 1 aromatic carbocycles. The highest BCUT2D eigenvalue weighted by atomic mass is 19.1. The van der Waals surface area contributed by atoms with E-state index in [4.69, 9.17) is 52.4 Å². The first-order valence-electron chi connectivity index (χ1n) is 30.4. The maximum Gasteiger partial charge on any atom is 0.343 e. The number of hydrogen-bond acceptors (Lipinski definition) is 22. The van der Waals surface area contributed by atoms with E-state index in [1.165, 1.54) is 24.5 Å². The van der Waals surface area contributed by atoms with E-state index in [1.807, 2.05) is 0 Å². The van der Waals surface area contributed by atoms with E-state index in [0.29, 0.717) is 131 Å². The molecule has 0 spiro atoms. The number of cyclic esters (lactones) is 1. The Labute approximate surface area is 524 Å². The number of esters is 1. The molecule has 0 saturated heterocycles. The van der Waals surface area contributed by atoms with Crippen LogP contribution in [0.25, 0.3) is 22.3 Å². The molecule has 7 N–H and O–H groups in total. The molecule has 30 heteroatoms. The van der Waals surface area contributed by atoms with E-state index in [1.54, 1.807) is 27.0 Å². The zero-order valence-corrected chi connectivity index (χ0v) is 52.0.